The fraction of sp³-hybridized carbons (Fsp3) is 0.211. The van der Waals surface area contributed by atoms with E-state index < -0.39 is 0 Å². The Morgan fingerprint density at radius 2 is 1.42 bits per heavy atom. The maximum atomic E-state index is 11.9. The fourth-order valence-electron chi connectivity index (χ4n) is 2.14. The number of hydrogen-bond acceptors (Lipinski definition) is 3. The predicted molar refractivity (Wildman–Crippen MR) is 94.6 cm³/mol. The van der Waals surface area contributed by atoms with Gasteiger partial charge in [-0.2, -0.15) is 5.10 Å². The first kappa shape index (κ1) is 17.4. The van der Waals surface area contributed by atoms with Crippen LogP contribution < -0.4 is 10.7 Å². The van der Waals surface area contributed by atoms with Crippen LogP contribution in [0.25, 0.3) is 0 Å². The van der Waals surface area contributed by atoms with Gasteiger partial charge in [-0.05, 0) is 6.42 Å². The number of amides is 2. The number of nitrogens with zero attached hydrogens (tertiary/aromatic N) is 1. The molecule has 2 rings (SSSR count). The lowest BCUT2D eigenvalue weighted by atomic mass is 10.0. The molecule has 24 heavy (non-hydrogen) atoms. The molecule has 5 heteroatoms. The van der Waals surface area contributed by atoms with Crippen molar-refractivity contribution in [1.82, 2.24) is 10.7 Å². The van der Waals surface area contributed by atoms with E-state index in [2.05, 4.69) is 15.8 Å². The van der Waals surface area contributed by atoms with Gasteiger partial charge in [0.05, 0.1) is 12.3 Å². The van der Waals surface area contributed by atoms with Gasteiger partial charge in [0, 0.05) is 17.5 Å². The summed E-state index contributed by atoms with van der Waals surface area (Å²) in [5.74, 6) is -0.494. The topological polar surface area (TPSA) is 70.6 Å². The lowest BCUT2D eigenvalue weighted by Gasteiger charge is -2.08. The lowest BCUT2D eigenvalue weighted by molar-refractivity contribution is -0.126. The Labute approximate surface area is 141 Å². The third-order valence-electron chi connectivity index (χ3n) is 3.31. The summed E-state index contributed by atoms with van der Waals surface area (Å²) in [7, 11) is 0. The quantitative estimate of drug-likeness (QED) is 0.607. The van der Waals surface area contributed by atoms with Gasteiger partial charge in [0.25, 0.3) is 5.91 Å². The third-order valence-corrected chi connectivity index (χ3v) is 3.31. The number of rotatable bonds is 7. The minimum atomic E-state index is -0.358. The van der Waals surface area contributed by atoms with Crippen LogP contribution in [0, 0.1) is 0 Å². The number of carbonyl (C=O) groups is 2. The molecule has 124 valence electrons. The van der Waals surface area contributed by atoms with Crippen LogP contribution in [-0.4, -0.2) is 24.1 Å². The number of hydrazone groups is 1. The van der Waals surface area contributed by atoms with E-state index in [1.165, 1.54) is 0 Å². The highest BCUT2D eigenvalue weighted by Crippen LogP contribution is 2.10. The summed E-state index contributed by atoms with van der Waals surface area (Å²) in [6.45, 7) is 1.83. The molecule has 0 aliphatic heterocycles. The van der Waals surface area contributed by atoms with Gasteiger partial charge in [-0.1, -0.05) is 67.6 Å². The van der Waals surface area contributed by atoms with Crippen molar-refractivity contribution in [2.75, 3.05) is 6.54 Å². The first-order valence-electron chi connectivity index (χ1n) is 7.94. The first-order chi connectivity index (χ1) is 11.7. The molecular formula is C19H21N3O2. The van der Waals surface area contributed by atoms with Crippen molar-refractivity contribution in [3.05, 3.63) is 71.8 Å². The van der Waals surface area contributed by atoms with Crippen molar-refractivity contribution in [3.63, 3.8) is 0 Å². The Kier molecular flexibility index (Phi) is 6.71. The highest BCUT2D eigenvalue weighted by molar-refractivity contribution is 6.13. The average molecular weight is 323 g/mol. The van der Waals surface area contributed by atoms with Gasteiger partial charge in [0.1, 0.15) is 0 Å². The minimum absolute atomic E-state index is 0.0841. The largest absolute Gasteiger partial charge is 0.347 e. The summed E-state index contributed by atoms with van der Waals surface area (Å²) in [5, 5.41) is 6.82. The molecule has 0 aromatic heterocycles. The molecule has 2 aromatic carbocycles. The van der Waals surface area contributed by atoms with Gasteiger partial charge in [-0.3, -0.25) is 9.59 Å². The van der Waals surface area contributed by atoms with Gasteiger partial charge in [0.15, 0.2) is 0 Å². The van der Waals surface area contributed by atoms with Crippen LogP contribution in [0.5, 0.6) is 0 Å². The number of nitrogens with one attached hydrogen (secondary N) is 2. The van der Waals surface area contributed by atoms with Gasteiger partial charge < -0.3 is 5.32 Å². The molecule has 0 aliphatic rings. The molecule has 2 N–H and O–H groups in total. The normalized spacial score (nSPS) is 9.88. The molecule has 0 unspecified atom stereocenters. The standard InChI is InChI=1S/C19H21N3O2/c1-2-9-17(23)20-14-18(24)21-22-19(15-10-5-3-6-11-15)16-12-7-4-8-13-16/h3-8,10-13H,2,9,14H2,1H3,(H,20,23)(H,21,24). The van der Waals surface area contributed by atoms with Crippen molar-refractivity contribution in [2.45, 2.75) is 19.8 Å². The molecule has 0 saturated heterocycles. The Morgan fingerprint density at radius 1 is 0.875 bits per heavy atom. The molecule has 0 bridgehead atoms. The monoisotopic (exact) mass is 323 g/mol. The average Bonchev–Trinajstić information content (AvgIpc) is 2.62. The Balaban J connectivity index is 2.09. The molecule has 5 nitrogen and oxygen atoms in total. The lowest BCUT2D eigenvalue weighted by Crippen LogP contribution is -2.35. The van der Waals surface area contributed by atoms with Crippen LogP contribution >= 0.6 is 0 Å². The fourth-order valence-corrected chi connectivity index (χ4v) is 2.14. The van der Waals surface area contributed by atoms with Crippen LogP contribution in [0.4, 0.5) is 0 Å². The van der Waals surface area contributed by atoms with Crippen LogP contribution in [-0.2, 0) is 9.59 Å². The maximum Gasteiger partial charge on any atom is 0.259 e. The van der Waals surface area contributed by atoms with E-state index in [1.54, 1.807) is 0 Å². The molecule has 0 saturated carbocycles. The smallest absolute Gasteiger partial charge is 0.259 e. The van der Waals surface area contributed by atoms with Gasteiger partial charge in [-0.25, -0.2) is 5.43 Å². The maximum absolute atomic E-state index is 11.9. The van der Waals surface area contributed by atoms with Crippen LogP contribution in [0.15, 0.2) is 65.8 Å². The zero-order chi connectivity index (χ0) is 17.2. The molecule has 0 aliphatic carbocycles. The van der Waals surface area contributed by atoms with E-state index in [4.69, 9.17) is 0 Å². The first-order valence-corrected chi connectivity index (χ1v) is 7.94. The molecule has 0 fully saturated rings. The highest BCUT2D eigenvalue weighted by Gasteiger charge is 2.08. The molecular weight excluding hydrogens is 302 g/mol. The van der Waals surface area contributed by atoms with Gasteiger partial charge >= 0.3 is 0 Å². The van der Waals surface area contributed by atoms with E-state index in [1.807, 2.05) is 67.6 Å². The number of benzene rings is 2. The Morgan fingerprint density at radius 3 is 1.92 bits per heavy atom. The summed E-state index contributed by atoms with van der Waals surface area (Å²) in [6.07, 6.45) is 1.16. The molecule has 0 spiro atoms. The van der Waals surface area contributed by atoms with Crippen molar-refractivity contribution in [2.24, 2.45) is 5.10 Å². The summed E-state index contributed by atoms with van der Waals surface area (Å²) in [4.78, 5) is 23.3. The number of hydrogen-bond donors (Lipinski definition) is 2. The van der Waals surface area contributed by atoms with Crippen molar-refractivity contribution >= 4 is 17.5 Å². The molecule has 2 aromatic rings. The van der Waals surface area contributed by atoms with Gasteiger partial charge in [0.2, 0.25) is 5.91 Å². The summed E-state index contributed by atoms with van der Waals surface area (Å²) < 4.78 is 0. The summed E-state index contributed by atoms with van der Waals surface area (Å²) in [6, 6.07) is 19.2. The van der Waals surface area contributed by atoms with Gasteiger partial charge in [-0.15, -0.1) is 0 Å². The zero-order valence-corrected chi connectivity index (χ0v) is 13.7. The molecule has 0 heterocycles. The second-order valence-electron chi connectivity index (χ2n) is 5.25. The second-order valence-corrected chi connectivity index (χ2v) is 5.25. The Hall–Kier alpha value is -2.95. The van der Waals surface area contributed by atoms with Crippen LogP contribution in [0.1, 0.15) is 30.9 Å². The minimum Gasteiger partial charge on any atom is -0.347 e. The molecule has 2 amide bonds. The van der Waals surface area contributed by atoms with E-state index in [0.29, 0.717) is 12.1 Å². The van der Waals surface area contributed by atoms with Crippen LogP contribution in [0.3, 0.4) is 0 Å². The second kappa shape index (κ2) is 9.25. The van der Waals surface area contributed by atoms with Crippen molar-refractivity contribution in [3.8, 4) is 0 Å². The van der Waals surface area contributed by atoms with Crippen molar-refractivity contribution < 1.29 is 9.59 Å². The summed E-state index contributed by atoms with van der Waals surface area (Å²) >= 11 is 0. The predicted octanol–water partition coefficient (Wildman–Crippen LogP) is 2.47. The van der Waals surface area contributed by atoms with E-state index in [0.717, 1.165) is 17.5 Å². The van der Waals surface area contributed by atoms with Crippen LogP contribution in [0.2, 0.25) is 0 Å². The molecule has 0 radical (unpaired) electrons. The summed E-state index contributed by atoms with van der Waals surface area (Å²) in [5.41, 5.74) is 4.99. The number of carbonyl (C=O) groups excluding carboxylic acids is 2. The third kappa shape index (κ3) is 5.35. The Bertz CT molecular complexity index is 656. The van der Waals surface area contributed by atoms with Crippen molar-refractivity contribution in [1.29, 1.82) is 0 Å². The molecule has 0 atom stereocenters. The SMILES string of the molecule is CCCC(=O)NCC(=O)NN=C(c1ccccc1)c1ccccc1. The zero-order valence-electron chi connectivity index (χ0n) is 13.7. The van der Waals surface area contributed by atoms with E-state index >= 15 is 0 Å². The van der Waals surface area contributed by atoms with E-state index in [9.17, 15) is 9.59 Å². The highest BCUT2D eigenvalue weighted by atomic mass is 16.2. The van der Waals surface area contributed by atoms with E-state index in [-0.39, 0.29) is 18.4 Å².